The summed E-state index contributed by atoms with van der Waals surface area (Å²) in [6, 6.07) is 3.57. The Hall–Kier alpha value is -2.49. The molecule has 2 aromatic rings. The third kappa shape index (κ3) is 4.97. The molecule has 2 aliphatic rings. The largest absolute Gasteiger partial charge is 0.433 e. The Morgan fingerprint density at radius 1 is 1.00 bits per heavy atom. The van der Waals surface area contributed by atoms with E-state index in [9.17, 15) is 18.3 Å². The molecule has 3 atom stereocenters. The fraction of sp³-hybridized carbons (Fsp3) is 0.600. The van der Waals surface area contributed by atoms with Crippen LogP contribution in [-0.4, -0.2) is 43.2 Å². The van der Waals surface area contributed by atoms with Gasteiger partial charge in [0.05, 0.1) is 12.1 Å². The van der Waals surface area contributed by atoms with Crippen molar-refractivity contribution in [3.63, 3.8) is 0 Å². The van der Waals surface area contributed by atoms with Crippen molar-refractivity contribution in [1.82, 2.24) is 19.9 Å². The van der Waals surface area contributed by atoms with Crippen LogP contribution in [0.3, 0.4) is 0 Å². The van der Waals surface area contributed by atoms with Crippen LogP contribution in [0.25, 0.3) is 11.5 Å². The van der Waals surface area contributed by atoms with Crippen molar-refractivity contribution in [2.45, 2.75) is 69.8 Å². The van der Waals surface area contributed by atoms with Crippen molar-refractivity contribution in [3.05, 3.63) is 23.9 Å². The lowest BCUT2D eigenvalue weighted by molar-refractivity contribution is -0.141. The number of hydrogen-bond acceptors (Lipinski definition) is 7. The van der Waals surface area contributed by atoms with Gasteiger partial charge < -0.3 is 15.7 Å². The van der Waals surface area contributed by atoms with Crippen molar-refractivity contribution in [2.75, 3.05) is 10.6 Å². The van der Waals surface area contributed by atoms with Gasteiger partial charge in [-0.25, -0.2) is 4.98 Å². The Bertz CT molecular complexity index is 889. The van der Waals surface area contributed by atoms with Gasteiger partial charge in [-0.3, -0.25) is 0 Å². The number of aromatic nitrogens is 4. The molecule has 2 aromatic heterocycles. The van der Waals surface area contributed by atoms with E-state index in [-0.39, 0.29) is 35.5 Å². The monoisotopic (exact) mass is 422 g/mol. The van der Waals surface area contributed by atoms with Crippen molar-refractivity contribution < 1.29 is 18.3 Å². The molecule has 2 saturated carbocycles. The first kappa shape index (κ1) is 20.8. The van der Waals surface area contributed by atoms with Crippen LogP contribution in [0.5, 0.6) is 0 Å². The van der Waals surface area contributed by atoms with Crippen LogP contribution in [0, 0.1) is 5.92 Å². The normalized spacial score (nSPS) is 23.1. The molecular weight excluding hydrogens is 397 g/mol. The van der Waals surface area contributed by atoms with Gasteiger partial charge in [0, 0.05) is 6.04 Å². The molecule has 162 valence electrons. The summed E-state index contributed by atoms with van der Waals surface area (Å²) < 4.78 is 39.3. The molecule has 2 fully saturated rings. The highest BCUT2D eigenvalue weighted by atomic mass is 19.4. The predicted molar refractivity (Wildman–Crippen MR) is 106 cm³/mol. The van der Waals surface area contributed by atoms with Gasteiger partial charge in [0.15, 0.2) is 5.82 Å². The van der Waals surface area contributed by atoms with Gasteiger partial charge in [-0.05, 0) is 50.7 Å². The number of rotatable bonds is 6. The van der Waals surface area contributed by atoms with Crippen molar-refractivity contribution in [1.29, 1.82) is 0 Å². The van der Waals surface area contributed by atoms with E-state index in [0.29, 0.717) is 12.3 Å². The minimum absolute atomic E-state index is 0.0154. The molecule has 0 aromatic carbocycles. The van der Waals surface area contributed by atoms with E-state index in [0.717, 1.165) is 38.2 Å². The number of alkyl halides is 3. The van der Waals surface area contributed by atoms with Crippen molar-refractivity contribution in [3.8, 4) is 11.5 Å². The summed E-state index contributed by atoms with van der Waals surface area (Å²) in [5.41, 5.74) is -0.986. The van der Waals surface area contributed by atoms with Crippen LogP contribution in [0.15, 0.2) is 18.2 Å². The molecule has 4 rings (SSSR count). The summed E-state index contributed by atoms with van der Waals surface area (Å²) in [5.74, 6) is 1.09. The van der Waals surface area contributed by atoms with Crippen LogP contribution in [0.4, 0.5) is 25.1 Å². The second kappa shape index (κ2) is 8.33. The number of hydrogen-bond donors (Lipinski definition) is 3. The molecule has 2 heterocycles. The lowest BCUT2D eigenvalue weighted by Crippen LogP contribution is -2.37. The van der Waals surface area contributed by atoms with Gasteiger partial charge in [0.25, 0.3) is 0 Å². The molecule has 0 spiro atoms. The summed E-state index contributed by atoms with van der Waals surface area (Å²) in [7, 11) is 0. The maximum atomic E-state index is 13.1. The Balaban J connectivity index is 1.66. The van der Waals surface area contributed by atoms with E-state index in [4.69, 9.17) is 0 Å². The lowest BCUT2D eigenvalue weighted by atomic mass is 9.93. The molecule has 10 heteroatoms. The first-order chi connectivity index (χ1) is 14.3. The summed E-state index contributed by atoms with van der Waals surface area (Å²) in [6.45, 7) is 2.03. The SMILES string of the molecule is C[C@@H](Nc1nc(N[C@H]2CCCC[C@@H]2O)nc(-c2cccc(C(F)(F)F)n2)n1)C1CC1. The maximum Gasteiger partial charge on any atom is 0.433 e. The molecule has 3 N–H and O–H groups in total. The molecular formula is C20H25F3N6O. The summed E-state index contributed by atoms with van der Waals surface area (Å²) in [5, 5.41) is 16.6. The minimum Gasteiger partial charge on any atom is -0.391 e. The summed E-state index contributed by atoms with van der Waals surface area (Å²) in [4.78, 5) is 16.7. The molecule has 30 heavy (non-hydrogen) atoms. The van der Waals surface area contributed by atoms with Gasteiger partial charge in [-0.1, -0.05) is 18.9 Å². The molecule has 0 bridgehead atoms. The number of anilines is 2. The average molecular weight is 422 g/mol. The van der Waals surface area contributed by atoms with E-state index in [1.807, 2.05) is 6.92 Å². The molecule has 0 saturated heterocycles. The highest BCUT2D eigenvalue weighted by molar-refractivity contribution is 5.54. The van der Waals surface area contributed by atoms with Crippen LogP contribution in [-0.2, 0) is 6.18 Å². The topological polar surface area (TPSA) is 95.9 Å². The van der Waals surface area contributed by atoms with E-state index >= 15 is 0 Å². The Kier molecular flexibility index (Phi) is 5.77. The van der Waals surface area contributed by atoms with E-state index in [2.05, 4.69) is 30.6 Å². The van der Waals surface area contributed by atoms with Crippen LogP contribution in [0.2, 0.25) is 0 Å². The smallest absolute Gasteiger partial charge is 0.391 e. The number of nitrogens with one attached hydrogen (secondary N) is 2. The lowest BCUT2D eigenvalue weighted by Gasteiger charge is -2.28. The zero-order valence-corrected chi connectivity index (χ0v) is 16.7. The highest BCUT2D eigenvalue weighted by Gasteiger charge is 2.33. The zero-order chi connectivity index (χ0) is 21.3. The Morgan fingerprint density at radius 2 is 1.73 bits per heavy atom. The molecule has 2 aliphatic carbocycles. The van der Waals surface area contributed by atoms with Gasteiger partial charge >= 0.3 is 6.18 Å². The third-order valence-electron chi connectivity index (χ3n) is 5.63. The fourth-order valence-electron chi connectivity index (χ4n) is 3.70. The average Bonchev–Trinajstić information content (AvgIpc) is 3.54. The van der Waals surface area contributed by atoms with Gasteiger partial charge in [-0.2, -0.15) is 28.1 Å². The van der Waals surface area contributed by atoms with E-state index in [1.165, 1.54) is 12.1 Å². The second-order valence-electron chi connectivity index (χ2n) is 8.09. The number of aliphatic hydroxyl groups is 1. The van der Waals surface area contributed by atoms with Gasteiger partial charge in [0.1, 0.15) is 11.4 Å². The molecule has 0 unspecified atom stereocenters. The van der Waals surface area contributed by atoms with Crippen molar-refractivity contribution in [2.24, 2.45) is 5.92 Å². The van der Waals surface area contributed by atoms with Crippen LogP contribution in [0.1, 0.15) is 51.1 Å². The van der Waals surface area contributed by atoms with Crippen molar-refractivity contribution >= 4 is 11.9 Å². The van der Waals surface area contributed by atoms with Gasteiger partial charge in [0.2, 0.25) is 11.9 Å². The maximum absolute atomic E-state index is 13.1. The first-order valence-electron chi connectivity index (χ1n) is 10.3. The number of halogens is 3. The third-order valence-corrected chi connectivity index (χ3v) is 5.63. The van der Waals surface area contributed by atoms with E-state index < -0.39 is 18.0 Å². The van der Waals surface area contributed by atoms with Gasteiger partial charge in [-0.15, -0.1) is 0 Å². The Morgan fingerprint density at radius 3 is 2.43 bits per heavy atom. The molecule has 0 amide bonds. The standard InChI is InChI=1S/C20H25F3N6O/c1-11(12-9-10-12)24-18-27-17(14-6-4-8-16(25-14)20(21,22)23)28-19(29-18)26-13-5-2-3-7-15(13)30/h4,6,8,11-13,15,30H,2-3,5,7,9-10H2,1H3,(H2,24,26,27,28,29)/t11-,13+,15+/m1/s1. The highest BCUT2D eigenvalue weighted by Crippen LogP contribution is 2.34. The predicted octanol–water partition coefficient (Wildman–Crippen LogP) is 3.88. The zero-order valence-electron chi connectivity index (χ0n) is 16.7. The van der Waals surface area contributed by atoms with E-state index in [1.54, 1.807) is 0 Å². The number of pyridine rings is 1. The van der Waals surface area contributed by atoms with Crippen LogP contribution < -0.4 is 10.6 Å². The minimum atomic E-state index is -4.56. The molecule has 0 radical (unpaired) electrons. The summed E-state index contributed by atoms with van der Waals surface area (Å²) >= 11 is 0. The molecule has 7 nitrogen and oxygen atoms in total. The summed E-state index contributed by atoms with van der Waals surface area (Å²) in [6.07, 6.45) is 0.569. The fourth-order valence-corrected chi connectivity index (χ4v) is 3.70. The number of nitrogens with zero attached hydrogens (tertiary/aromatic N) is 4. The Labute approximate surface area is 172 Å². The van der Waals surface area contributed by atoms with Crippen LogP contribution >= 0.6 is 0 Å². The quantitative estimate of drug-likeness (QED) is 0.650. The first-order valence-corrected chi connectivity index (χ1v) is 10.3. The molecule has 0 aliphatic heterocycles. The number of aliphatic hydroxyl groups excluding tert-OH is 1. The second-order valence-corrected chi connectivity index (χ2v) is 8.09.